The minimum atomic E-state index is -0.348. The van der Waals surface area contributed by atoms with Crippen LogP contribution in [0.4, 0.5) is 5.69 Å². The molecule has 0 atom stereocenters. The molecule has 0 fully saturated rings. The van der Waals surface area contributed by atoms with E-state index in [1.807, 2.05) is 32.0 Å². The predicted molar refractivity (Wildman–Crippen MR) is 73.1 cm³/mol. The zero-order valence-corrected chi connectivity index (χ0v) is 11.5. The Bertz CT molecular complexity index is 460. The van der Waals surface area contributed by atoms with Crippen LogP contribution in [0.3, 0.4) is 0 Å². The Balaban J connectivity index is 2.71. The predicted octanol–water partition coefficient (Wildman–Crippen LogP) is 1.62. The molecule has 0 saturated heterocycles. The minimum Gasteiger partial charge on any atom is -0.346 e. The number of hydrogen-bond donors (Lipinski definition) is 1. The van der Waals surface area contributed by atoms with E-state index in [0.29, 0.717) is 0 Å². The van der Waals surface area contributed by atoms with E-state index in [9.17, 15) is 9.59 Å². The zero-order valence-electron chi connectivity index (χ0n) is 10.8. The van der Waals surface area contributed by atoms with Crippen molar-refractivity contribution >= 4 is 29.1 Å². The molecule has 0 heterocycles. The average Bonchev–Trinajstić information content (AvgIpc) is 2.34. The first-order chi connectivity index (χ1) is 8.45. The average molecular weight is 269 g/mol. The van der Waals surface area contributed by atoms with Gasteiger partial charge in [0.05, 0.1) is 6.54 Å². The molecule has 0 bridgehead atoms. The summed E-state index contributed by atoms with van der Waals surface area (Å²) in [5.74, 6) is -0.667. The molecule has 0 unspecified atom stereocenters. The second-order valence-electron chi connectivity index (χ2n) is 4.15. The van der Waals surface area contributed by atoms with Crippen molar-refractivity contribution in [2.75, 3.05) is 24.4 Å². The fraction of sp³-hybridized carbons (Fsp3) is 0.385. The number of amides is 2. The van der Waals surface area contributed by atoms with Crippen LogP contribution in [0.1, 0.15) is 11.1 Å². The van der Waals surface area contributed by atoms with E-state index >= 15 is 0 Å². The Morgan fingerprint density at radius 1 is 1.33 bits per heavy atom. The number of anilines is 1. The van der Waals surface area contributed by atoms with E-state index in [1.165, 1.54) is 4.90 Å². The zero-order chi connectivity index (χ0) is 13.7. The van der Waals surface area contributed by atoms with Crippen molar-refractivity contribution < 1.29 is 9.59 Å². The van der Waals surface area contributed by atoms with E-state index in [4.69, 9.17) is 11.6 Å². The molecular weight excluding hydrogens is 252 g/mol. The largest absolute Gasteiger partial charge is 0.346 e. The highest BCUT2D eigenvalue weighted by Crippen LogP contribution is 2.19. The lowest BCUT2D eigenvalue weighted by Crippen LogP contribution is -2.38. The Morgan fingerprint density at radius 2 is 2.00 bits per heavy atom. The van der Waals surface area contributed by atoms with Gasteiger partial charge in [0.2, 0.25) is 11.8 Å². The van der Waals surface area contributed by atoms with Crippen LogP contribution in [0.5, 0.6) is 0 Å². The van der Waals surface area contributed by atoms with E-state index in [1.54, 1.807) is 7.05 Å². The molecule has 1 N–H and O–H groups in total. The van der Waals surface area contributed by atoms with Gasteiger partial charge in [0.25, 0.3) is 0 Å². The summed E-state index contributed by atoms with van der Waals surface area (Å²) in [6.07, 6.45) is 0. The van der Waals surface area contributed by atoms with E-state index in [0.717, 1.165) is 16.8 Å². The highest BCUT2D eigenvalue weighted by atomic mass is 35.5. The maximum atomic E-state index is 11.9. The van der Waals surface area contributed by atoms with Crippen molar-refractivity contribution in [3.05, 3.63) is 29.3 Å². The normalized spacial score (nSPS) is 10.0. The lowest BCUT2D eigenvalue weighted by atomic mass is 10.1. The number of carbonyl (C=O) groups excluding carboxylic acids is 2. The number of nitrogens with zero attached hydrogens (tertiary/aromatic N) is 1. The van der Waals surface area contributed by atoms with Crippen LogP contribution in [-0.4, -0.2) is 31.3 Å². The fourth-order valence-corrected chi connectivity index (χ4v) is 1.75. The monoisotopic (exact) mass is 268 g/mol. The summed E-state index contributed by atoms with van der Waals surface area (Å²) in [6, 6.07) is 5.85. The van der Waals surface area contributed by atoms with Crippen LogP contribution in [0.25, 0.3) is 0 Å². The van der Waals surface area contributed by atoms with Gasteiger partial charge < -0.3 is 10.2 Å². The van der Waals surface area contributed by atoms with Crippen molar-refractivity contribution in [3.8, 4) is 0 Å². The second-order valence-corrected chi connectivity index (χ2v) is 4.42. The molecular formula is C13H17ClN2O2. The van der Waals surface area contributed by atoms with Crippen molar-refractivity contribution in [2.45, 2.75) is 13.8 Å². The smallest absolute Gasteiger partial charge is 0.246 e. The number of halogens is 1. The number of alkyl halides is 1. The standard InChI is InChI=1S/C13H17ClN2O2/c1-9-4-5-11(10(2)6-9)16(3)13(18)8-15-12(17)7-14/h4-6H,7-8H2,1-3H3,(H,15,17). The molecule has 0 aliphatic heterocycles. The molecule has 1 aromatic carbocycles. The maximum Gasteiger partial charge on any atom is 0.246 e. The molecule has 0 aliphatic rings. The summed E-state index contributed by atoms with van der Waals surface area (Å²) in [5, 5.41) is 2.45. The van der Waals surface area contributed by atoms with Crippen molar-refractivity contribution in [3.63, 3.8) is 0 Å². The number of likely N-dealkylation sites (N-methyl/N-ethyl adjacent to an activating group) is 1. The van der Waals surface area contributed by atoms with Crippen LogP contribution < -0.4 is 10.2 Å². The van der Waals surface area contributed by atoms with Gasteiger partial charge in [0.1, 0.15) is 5.88 Å². The van der Waals surface area contributed by atoms with Crippen LogP contribution in [0.15, 0.2) is 18.2 Å². The summed E-state index contributed by atoms with van der Waals surface area (Å²) < 4.78 is 0. The Morgan fingerprint density at radius 3 is 2.56 bits per heavy atom. The van der Waals surface area contributed by atoms with Gasteiger partial charge in [-0.2, -0.15) is 0 Å². The van der Waals surface area contributed by atoms with Crippen molar-refractivity contribution in [2.24, 2.45) is 0 Å². The third-order valence-electron chi connectivity index (χ3n) is 2.65. The molecule has 0 radical (unpaired) electrons. The second kappa shape index (κ2) is 6.40. The lowest BCUT2D eigenvalue weighted by Gasteiger charge is -2.20. The van der Waals surface area contributed by atoms with Gasteiger partial charge in [0, 0.05) is 12.7 Å². The summed E-state index contributed by atoms with van der Waals surface area (Å²) in [6.45, 7) is 3.90. The molecule has 5 heteroatoms. The summed E-state index contributed by atoms with van der Waals surface area (Å²) in [4.78, 5) is 24.4. The number of hydrogen-bond acceptors (Lipinski definition) is 2. The van der Waals surface area contributed by atoms with Crippen molar-refractivity contribution in [1.82, 2.24) is 5.32 Å². The minimum absolute atomic E-state index is 0.0463. The van der Waals surface area contributed by atoms with Crippen LogP contribution in [0, 0.1) is 13.8 Å². The molecule has 4 nitrogen and oxygen atoms in total. The highest BCUT2D eigenvalue weighted by molar-refractivity contribution is 6.27. The van der Waals surface area contributed by atoms with Gasteiger partial charge in [0.15, 0.2) is 0 Å². The Kier molecular flexibility index (Phi) is 5.16. The molecule has 1 rings (SSSR count). The van der Waals surface area contributed by atoms with Crippen LogP contribution >= 0.6 is 11.6 Å². The first-order valence-corrected chi connectivity index (χ1v) is 6.15. The molecule has 98 valence electrons. The van der Waals surface area contributed by atoms with Gasteiger partial charge >= 0.3 is 0 Å². The van der Waals surface area contributed by atoms with E-state index < -0.39 is 0 Å². The lowest BCUT2D eigenvalue weighted by molar-refractivity contribution is -0.123. The van der Waals surface area contributed by atoms with E-state index in [-0.39, 0.29) is 24.2 Å². The SMILES string of the molecule is Cc1ccc(N(C)C(=O)CNC(=O)CCl)c(C)c1. The molecule has 0 aliphatic carbocycles. The number of aryl methyl sites for hydroxylation is 2. The van der Waals surface area contributed by atoms with Crippen molar-refractivity contribution in [1.29, 1.82) is 0 Å². The highest BCUT2D eigenvalue weighted by Gasteiger charge is 2.13. The number of benzene rings is 1. The Hall–Kier alpha value is -1.55. The third kappa shape index (κ3) is 3.74. The van der Waals surface area contributed by atoms with Gasteiger partial charge in [-0.15, -0.1) is 11.6 Å². The molecule has 2 amide bonds. The maximum absolute atomic E-state index is 11.9. The first kappa shape index (κ1) is 14.5. The first-order valence-electron chi connectivity index (χ1n) is 5.62. The number of nitrogens with one attached hydrogen (secondary N) is 1. The molecule has 18 heavy (non-hydrogen) atoms. The van der Waals surface area contributed by atoms with Gasteiger partial charge in [-0.3, -0.25) is 9.59 Å². The fourth-order valence-electron chi connectivity index (χ4n) is 1.66. The third-order valence-corrected chi connectivity index (χ3v) is 2.89. The quantitative estimate of drug-likeness (QED) is 0.844. The molecule has 0 spiro atoms. The van der Waals surface area contributed by atoms with Gasteiger partial charge in [-0.1, -0.05) is 17.7 Å². The van der Waals surface area contributed by atoms with Crippen LogP contribution in [-0.2, 0) is 9.59 Å². The Labute approximate surface area is 112 Å². The summed E-state index contributed by atoms with van der Waals surface area (Å²) in [7, 11) is 1.69. The molecule has 0 aromatic heterocycles. The molecule has 0 saturated carbocycles. The van der Waals surface area contributed by atoms with E-state index in [2.05, 4.69) is 5.32 Å². The summed E-state index contributed by atoms with van der Waals surface area (Å²) in [5.41, 5.74) is 3.01. The number of rotatable bonds is 4. The molecule has 1 aromatic rings. The summed E-state index contributed by atoms with van der Waals surface area (Å²) >= 11 is 5.34. The van der Waals surface area contributed by atoms with Gasteiger partial charge in [-0.25, -0.2) is 0 Å². The van der Waals surface area contributed by atoms with Gasteiger partial charge in [-0.05, 0) is 25.5 Å². The topological polar surface area (TPSA) is 49.4 Å². The van der Waals surface area contributed by atoms with Crippen LogP contribution in [0.2, 0.25) is 0 Å². The number of carbonyl (C=O) groups is 2.